The summed E-state index contributed by atoms with van der Waals surface area (Å²) in [4.78, 5) is 16.1. The number of rotatable bonds is 3. The lowest BCUT2D eigenvalue weighted by molar-refractivity contribution is -0.137. The molecule has 24 heavy (non-hydrogen) atoms. The number of carbonyl (C=O) groups is 1. The molecule has 0 saturated heterocycles. The van der Waals surface area contributed by atoms with Crippen molar-refractivity contribution >= 4 is 22.8 Å². The monoisotopic (exact) mass is 358 g/mol. The van der Waals surface area contributed by atoms with Gasteiger partial charge in [-0.3, -0.25) is 4.79 Å². The van der Waals surface area contributed by atoms with Gasteiger partial charge in [0.1, 0.15) is 4.75 Å². The molecule has 2 atom stereocenters. The zero-order valence-electron chi connectivity index (χ0n) is 14.3. The van der Waals surface area contributed by atoms with E-state index in [1.54, 1.807) is 19.9 Å². The molecule has 1 N–H and O–H groups in total. The van der Waals surface area contributed by atoms with E-state index in [1.807, 2.05) is 20.8 Å². The van der Waals surface area contributed by atoms with Gasteiger partial charge in [0.25, 0.3) is 5.91 Å². The van der Waals surface area contributed by atoms with Crippen LogP contribution in [0.3, 0.4) is 0 Å². The minimum absolute atomic E-state index is 0.101. The predicted molar refractivity (Wildman–Crippen MR) is 91.0 cm³/mol. The topological polar surface area (TPSA) is 41.5 Å². The molecule has 0 fully saturated rings. The fourth-order valence-corrected chi connectivity index (χ4v) is 3.53. The van der Waals surface area contributed by atoms with Crippen LogP contribution < -0.4 is 5.32 Å². The van der Waals surface area contributed by atoms with Gasteiger partial charge in [-0.25, -0.2) is 0 Å². The number of amidine groups is 1. The number of aryl methyl sites for hydroxylation is 1. The molecule has 0 aromatic heterocycles. The molecule has 0 saturated carbocycles. The van der Waals surface area contributed by atoms with E-state index >= 15 is 0 Å². The Kier molecular flexibility index (Phi) is 5.04. The Balaban J connectivity index is 2.20. The maximum Gasteiger partial charge on any atom is 0.416 e. The van der Waals surface area contributed by atoms with Crippen LogP contribution in [0.5, 0.6) is 0 Å². The van der Waals surface area contributed by atoms with E-state index in [0.717, 1.165) is 12.1 Å². The molecule has 0 spiro atoms. The molecule has 1 unspecified atom stereocenters. The summed E-state index contributed by atoms with van der Waals surface area (Å²) in [6.45, 7) is 9.12. The highest BCUT2D eigenvalue weighted by atomic mass is 32.2. The Morgan fingerprint density at radius 1 is 1.21 bits per heavy atom. The van der Waals surface area contributed by atoms with Gasteiger partial charge in [0.05, 0.1) is 11.6 Å². The number of alkyl halides is 3. The molecule has 1 heterocycles. The molecule has 1 aromatic rings. The van der Waals surface area contributed by atoms with Crippen molar-refractivity contribution in [2.75, 3.05) is 0 Å². The van der Waals surface area contributed by atoms with Gasteiger partial charge >= 0.3 is 6.18 Å². The first-order chi connectivity index (χ1) is 10.9. The van der Waals surface area contributed by atoms with E-state index in [0.29, 0.717) is 16.3 Å². The number of hydrogen-bond acceptors (Lipinski definition) is 3. The lowest BCUT2D eigenvalue weighted by Crippen LogP contribution is -2.34. The average molecular weight is 358 g/mol. The van der Waals surface area contributed by atoms with Crippen LogP contribution in [0.1, 0.15) is 50.4 Å². The van der Waals surface area contributed by atoms with Gasteiger partial charge in [-0.1, -0.05) is 37.2 Å². The van der Waals surface area contributed by atoms with Gasteiger partial charge in [0, 0.05) is 0 Å². The zero-order chi connectivity index (χ0) is 18.3. The van der Waals surface area contributed by atoms with Crippen LogP contribution in [0, 0.1) is 12.8 Å². The molecule has 132 valence electrons. The van der Waals surface area contributed by atoms with Crippen LogP contribution in [-0.2, 0) is 11.0 Å². The van der Waals surface area contributed by atoms with Crippen LogP contribution >= 0.6 is 11.8 Å². The van der Waals surface area contributed by atoms with Crippen LogP contribution in [0.15, 0.2) is 23.2 Å². The van der Waals surface area contributed by atoms with Crippen molar-refractivity contribution < 1.29 is 18.0 Å². The summed E-state index contributed by atoms with van der Waals surface area (Å²) >= 11 is 1.33. The van der Waals surface area contributed by atoms with Gasteiger partial charge < -0.3 is 5.32 Å². The largest absolute Gasteiger partial charge is 0.416 e. The highest BCUT2D eigenvalue weighted by Gasteiger charge is 2.44. The average Bonchev–Trinajstić information content (AvgIpc) is 2.73. The SMILES string of the molecule is Cc1cc([C@H](C)NC2=NC(=O)C(C)(C(C)C)S2)cc(C(F)(F)F)c1. The van der Waals surface area contributed by atoms with Gasteiger partial charge in [-0.2, -0.15) is 18.2 Å². The lowest BCUT2D eigenvalue weighted by atomic mass is 9.96. The van der Waals surface area contributed by atoms with Crippen molar-refractivity contribution in [3.63, 3.8) is 0 Å². The molecular weight excluding hydrogens is 337 g/mol. The molecule has 0 radical (unpaired) electrons. The molecule has 1 amide bonds. The number of nitrogens with one attached hydrogen (secondary N) is 1. The van der Waals surface area contributed by atoms with Crippen molar-refractivity contribution in [3.8, 4) is 0 Å². The summed E-state index contributed by atoms with van der Waals surface area (Å²) in [7, 11) is 0. The third-order valence-corrected chi connectivity index (χ3v) is 5.78. The number of halogens is 3. The first-order valence-corrected chi connectivity index (χ1v) is 8.52. The summed E-state index contributed by atoms with van der Waals surface area (Å²) in [5.41, 5.74) is 0.379. The van der Waals surface area contributed by atoms with Crippen molar-refractivity contribution in [2.24, 2.45) is 10.9 Å². The van der Waals surface area contributed by atoms with Gasteiger partial charge in [-0.05, 0) is 44.4 Å². The Labute approximate surface area is 144 Å². The molecule has 0 bridgehead atoms. The number of thioether (sulfide) groups is 1. The molecule has 2 rings (SSSR count). The quantitative estimate of drug-likeness (QED) is 0.851. The summed E-state index contributed by atoms with van der Waals surface area (Å²) in [5, 5.41) is 3.52. The lowest BCUT2D eigenvalue weighted by Gasteiger charge is -2.25. The predicted octanol–water partition coefficient (Wildman–Crippen LogP) is 4.71. The van der Waals surface area contributed by atoms with E-state index in [1.165, 1.54) is 11.8 Å². The number of carbonyl (C=O) groups excluding carboxylic acids is 1. The number of nitrogens with zero attached hydrogens (tertiary/aromatic N) is 1. The van der Waals surface area contributed by atoms with Crippen molar-refractivity contribution in [1.82, 2.24) is 5.32 Å². The maximum absolute atomic E-state index is 13.0. The molecule has 1 aliphatic heterocycles. The fourth-order valence-electron chi connectivity index (χ4n) is 2.39. The van der Waals surface area contributed by atoms with E-state index in [4.69, 9.17) is 0 Å². The zero-order valence-corrected chi connectivity index (χ0v) is 15.1. The van der Waals surface area contributed by atoms with Gasteiger partial charge in [0.15, 0.2) is 5.17 Å². The first-order valence-electron chi connectivity index (χ1n) is 7.71. The first kappa shape index (κ1) is 18.8. The van der Waals surface area contributed by atoms with Crippen LogP contribution in [0.25, 0.3) is 0 Å². The minimum atomic E-state index is -4.38. The van der Waals surface area contributed by atoms with E-state index in [2.05, 4.69) is 10.3 Å². The van der Waals surface area contributed by atoms with Crippen LogP contribution in [-0.4, -0.2) is 15.8 Å². The highest BCUT2D eigenvalue weighted by molar-refractivity contribution is 8.16. The number of hydrogen-bond donors (Lipinski definition) is 1. The van der Waals surface area contributed by atoms with Crippen molar-refractivity contribution in [3.05, 3.63) is 34.9 Å². The van der Waals surface area contributed by atoms with E-state index in [9.17, 15) is 18.0 Å². The highest BCUT2D eigenvalue weighted by Crippen LogP contribution is 2.40. The van der Waals surface area contributed by atoms with Crippen LogP contribution in [0.4, 0.5) is 13.2 Å². The summed E-state index contributed by atoms with van der Waals surface area (Å²) in [5.74, 6) is -0.110. The van der Waals surface area contributed by atoms with Crippen molar-refractivity contribution in [2.45, 2.75) is 51.6 Å². The number of amides is 1. The minimum Gasteiger partial charge on any atom is -0.358 e. The number of aliphatic imine (C=N–C) groups is 1. The van der Waals surface area contributed by atoms with Crippen molar-refractivity contribution in [1.29, 1.82) is 0 Å². The normalized spacial score (nSPS) is 22.7. The molecule has 7 heteroatoms. The van der Waals surface area contributed by atoms with Crippen LogP contribution in [0.2, 0.25) is 0 Å². The van der Waals surface area contributed by atoms with E-state index in [-0.39, 0.29) is 17.9 Å². The Morgan fingerprint density at radius 2 is 1.83 bits per heavy atom. The second-order valence-electron chi connectivity index (χ2n) is 6.58. The maximum atomic E-state index is 13.0. The third-order valence-electron chi connectivity index (χ3n) is 4.31. The fraction of sp³-hybridized carbons (Fsp3) is 0.529. The van der Waals surface area contributed by atoms with Gasteiger partial charge in [-0.15, -0.1) is 0 Å². The second kappa shape index (κ2) is 6.43. The number of benzene rings is 1. The third kappa shape index (κ3) is 3.77. The molecule has 0 aliphatic carbocycles. The second-order valence-corrected chi connectivity index (χ2v) is 8.02. The molecule has 1 aromatic carbocycles. The molecule has 3 nitrogen and oxygen atoms in total. The molecule has 1 aliphatic rings. The Morgan fingerprint density at radius 3 is 2.33 bits per heavy atom. The summed E-state index contributed by atoms with van der Waals surface area (Å²) < 4.78 is 38.3. The Hall–Kier alpha value is -1.50. The standard InChI is InChI=1S/C17H21F3N2OS/c1-9(2)16(5)14(23)22-15(24-16)21-11(4)12-6-10(3)7-13(8-12)17(18,19)20/h6-9,11H,1-5H3,(H,21,22,23)/t11-,16?/m0/s1. The smallest absolute Gasteiger partial charge is 0.358 e. The van der Waals surface area contributed by atoms with Gasteiger partial charge in [0.2, 0.25) is 0 Å². The summed E-state index contributed by atoms with van der Waals surface area (Å²) in [6.07, 6.45) is -4.38. The Bertz CT molecular complexity index is 685. The van der Waals surface area contributed by atoms with E-state index < -0.39 is 16.5 Å². The molecular formula is C17H21F3N2OS. The summed E-state index contributed by atoms with van der Waals surface area (Å²) in [6, 6.07) is 3.57.